The first-order valence-corrected chi connectivity index (χ1v) is 18.9. The minimum Gasteiger partial charge on any atom is -0.278 e. The summed E-state index contributed by atoms with van der Waals surface area (Å²) in [6.07, 6.45) is 0. The maximum absolute atomic E-state index is 5.43. The molecule has 4 nitrogen and oxygen atoms in total. The summed E-state index contributed by atoms with van der Waals surface area (Å²) in [4.78, 5) is 16.0. The summed E-state index contributed by atoms with van der Waals surface area (Å²) < 4.78 is 4.77. The van der Waals surface area contributed by atoms with Crippen LogP contribution in [0.25, 0.3) is 103 Å². The van der Waals surface area contributed by atoms with Crippen LogP contribution in [-0.2, 0) is 5.41 Å². The highest BCUT2D eigenvalue weighted by Gasteiger charge is 2.36. The minimum atomic E-state index is -0.152. The predicted octanol–water partition coefficient (Wildman–Crippen LogP) is 12.8. The molecule has 12 rings (SSSR count). The topological polar surface area (TPSA) is 43.6 Å². The zero-order chi connectivity index (χ0) is 35.0. The zero-order valence-corrected chi connectivity index (χ0v) is 29.9. The molecule has 0 saturated carbocycles. The number of hydrogen-bond acceptors (Lipinski definition) is 4. The second-order valence-corrected chi connectivity index (χ2v) is 15.8. The van der Waals surface area contributed by atoms with Gasteiger partial charge in [-0.15, -0.1) is 11.3 Å². The number of aromatic nitrogens is 4. The summed E-state index contributed by atoms with van der Waals surface area (Å²) in [7, 11) is 0. The molecule has 1 aliphatic rings. The van der Waals surface area contributed by atoms with Crippen LogP contribution in [0, 0.1) is 0 Å². The zero-order valence-electron chi connectivity index (χ0n) is 29.1. The molecule has 53 heavy (non-hydrogen) atoms. The third kappa shape index (κ3) is 3.82. The van der Waals surface area contributed by atoms with Crippen LogP contribution in [0.2, 0.25) is 0 Å². The summed E-state index contributed by atoms with van der Waals surface area (Å²) >= 11 is 1.81. The molecule has 0 bridgehead atoms. The lowest BCUT2D eigenvalue weighted by Crippen LogP contribution is -2.15. The Hall–Kier alpha value is -6.43. The van der Waals surface area contributed by atoms with Crippen molar-refractivity contribution < 1.29 is 0 Å². The van der Waals surface area contributed by atoms with E-state index in [0.717, 1.165) is 22.2 Å². The van der Waals surface area contributed by atoms with Gasteiger partial charge in [0.25, 0.3) is 0 Å². The molecule has 0 fully saturated rings. The molecule has 0 N–H and O–H groups in total. The minimum absolute atomic E-state index is 0.152. The van der Waals surface area contributed by atoms with Gasteiger partial charge in [-0.05, 0) is 67.7 Å². The van der Waals surface area contributed by atoms with Gasteiger partial charge in [0.05, 0.1) is 11.0 Å². The van der Waals surface area contributed by atoms with Crippen molar-refractivity contribution in [3.05, 3.63) is 157 Å². The Kier molecular flexibility index (Phi) is 5.69. The van der Waals surface area contributed by atoms with Crippen molar-refractivity contribution >= 4 is 85.6 Å². The third-order valence-electron chi connectivity index (χ3n) is 11.6. The molecule has 1 aliphatic carbocycles. The molecule has 0 unspecified atom stereocenters. The van der Waals surface area contributed by atoms with Crippen LogP contribution in [0.1, 0.15) is 25.0 Å². The highest BCUT2D eigenvalue weighted by molar-refractivity contribution is 7.25. The Morgan fingerprint density at radius 3 is 1.89 bits per heavy atom. The standard InChI is InChI=1S/C48H30N4S/c1-48(2)34-21-10-18-30-28-15-6-7-16-29(28)31-19-11-22-36-42(31)44-37(26-25-35(48)43(44)41(30)34)52(36)47-50-45(27-13-4-3-5-14-27)49-46(51-47)33-20-12-24-39-40(33)32-17-8-9-23-38(32)53-39/h3-26H,1-2H3. The predicted molar refractivity (Wildman–Crippen MR) is 223 cm³/mol. The van der Waals surface area contributed by atoms with Crippen LogP contribution in [0.3, 0.4) is 0 Å². The van der Waals surface area contributed by atoms with Crippen molar-refractivity contribution in [3.8, 4) is 28.7 Å². The van der Waals surface area contributed by atoms with Gasteiger partial charge in [0.1, 0.15) is 0 Å². The average Bonchev–Trinajstić information content (AvgIpc) is 3.83. The van der Waals surface area contributed by atoms with Crippen LogP contribution < -0.4 is 0 Å². The quantitative estimate of drug-likeness (QED) is 0.185. The number of thiophene rings is 1. The van der Waals surface area contributed by atoms with E-state index in [1.807, 2.05) is 29.5 Å². The molecule has 0 amide bonds. The molecule has 11 aromatic rings. The molecule has 5 heteroatoms. The fourth-order valence-electron chi connectivity index (χ4n) is 9.30. The van der Waals surface area contributed by atoms with E-state index < -0.39 is 0 Å². The smallest absolute Gasteiger partial charge is 0.238 e. The first kappa shape index (κ1) is 29.2. The monoisotopic (exact) mass is 694 g/mol. The van der Waals surface area contributed by atoms with Gasteiger partial charge >= 0.3 is 0 Å². The van der Waals surface area contributed by atoms with Gasteiger partial charge in [0.15, 0.2) is 11.6 Å². The van der Waals surface area contributed by atoms with E-state index in [4.69, 9.17) is 15.0 Å². The van der Waals surface area contributed by atoms with Crippen molar-refractivity contribution in [3.63, 3.8) is 0 Å². The number of fused-ring (bicyclic) bond motifs is 6. The Bertz CT molecular complexity index is 3370. The summed E-state index contributed by atoms with van der Waals surface area (Å²) in [5, 5.41) is 12.6. The largest absolute Gasteiger partial charge is 0.278 e. The normalized spacial score (nSPS) is 13.6. The van der Waals surface area contributed by atoms with E-state index in [1.54, 1.807) is 0 Å². The molecule has 0 spiro atoms. The third-order valence-corrected chi connectivity index (χ3v) is 12.8. The molecular formula is C48H30N4S. The number of benzene rings is 7. The van der Waals surface area contributed by atoms with Gasteiger partial charge in [-0.25, -0.2) is 4.98 Å². The molecule has 0 atom stereocenters. The Morgan fingerprint density at radius 2 is 1.06 bits per heavy atom. The lowest BCUT2D eigenvalue weighted by molar-refractivity contribution is 0.663. The lowest BCUT2D eigenvalue weighted by atomic mass is 9.81. The molecule has 0 radical (unpaired) electrons. The van der Waals surface area contributed by atoms with Crippen LogP contribution in [0.15, 0.2) is 146 Å². The Morgan fingerprint density at radius 1 is 0.434 bits per heavy atom. The highest BCUT2D eigenvalue weighted by atomic mass is 32.1. The Labute approximate surface area is 308 Å². The number of nitrogens with zero attached hydrogens (tertiary/aromatic N) is 4. The van der Waals surface area contributed by atoms with E-state index >= 15 is 0 Å². The fourth-order valence-corrected chi connectivity index (χ4v) is 10.4. The van der Waals surface area contributed by atoms with E-state index in [0.29, 0.717) is 17.6 Å². The van der Waals surface area contributed by atoms with Crippen molar-refractivity contribution in [2.45, 2.75) is 19.3 Å². The van der Waals surface area contributed by atoms with Gasteiger partial charge in [-0.2, -0.15) is 9.97 Å². The summed E-state index contributed by atoms with van der Waals surface area (Å²) in [6, 6.07) is 52.5. The maximum atomic E-state index is 5.43. The summed E-state index contributed by atoms with van der Waals surface area (Å²) in [5.41, 5.74) is 6.72. The van der Waals surface area contributed by atoms with Gasteiger partial charge in [0.2, 0.25) is 5.95 Å². The van der Waals surface area contributed by atoms with Gasteiger partial charge in [-0.1, -0.05) is 135 Å². The van der Waals surface area contributed by atoms with Crippen molar-refractivity contribution in [1.29, 1.82) is 0 Å². The Balaban J connectivity index is 1.28. The molecule has 0 saturated heterocycles. The average molecular weight is 695 g/mol. The second-order valence-electron chi connectivity index (χ2n) is 14.7. The number of hydrogen-bond donors (Lipinski definition) is 0. The van der Waals surface area contributed by atoms with Crippen LogP contribution in [0.5, 0.6) is 0 Å². The summed E-state index contributed by atoms with van der Waals surface area (Å²) in [5.74, 6) is 1.93. The molecule has 0 aliphatic heterocycles. The second kappa shape index (κ2) is 10.3. The molecular weight excluding hydrogens is 665 g/mol. The molecule has 3 heterocycles. The SMILES string of the molecule is CC1(C)c2cccc3c4ccccc4c4cccc5c4c4c(c1ccc4n5-c1nc(-c4ccccc4)nc(-c4cccc5sc6ccccc6c45)n1)c23. The summed E-state index contributed by atoms with van der Waals surface area (Å²) in [6.45, 7) is 4.74. The molecule has 3 aromatic heterocycles. The van der Waals surface area contributed by atoms with Crippen molar-refractivity contribution in [2.75, 3.05) is 0 Å². The first-order chi connectivity index (χ1) is 26.1. The van der Waals surface area contributed by atoms with Gasteiger partial charge in [-0.3, -0.25) is 4.57 Å². The highest BCUT2D eigenvalue weighted by Crippen LogP contribution is 2.53. The molecule has 8 aromatic carbocycles. The van der Waals surface area contributed by atoms with E-state index in [2.05, 4.69) is 146 Å². The van der Waals surface area contributed by atoms with E-state index in [1.165, 1.54) is 74.4 Å². The number of rotatable bonds is 3. The van der Waals surface area contributed by atoms with Crippen LogP contribution in [-0.4, -0.2) is 19.5 Å². The molecule has 248 valence electrons. The van der Waals surface area contributed by atoms with E-state index in [9.17, 15) is 0 Å². The van der Waals surface area contributed by atoms with Crippen molar-refractivity contribution in [2.24, 2.45) is 0 Å². The fraction of sp³-hybridized carbons (Fsp3) is 0.0625. The lowest BCUT2D eigenvalue weighted by Gasteiger charge is -2.22. The first-order valence-electron chi connectivity index (χ1n) is 18.1. The van der Waals surface area contributed by atoms with Crippen LogP contribution >= 0.6 is 11.3 Å². The van der Waals surface area contributed by atoms with Crippen molar-refractivity contribution in [1.82, 2.24) is 19.5 Å². The van der Waals surface area contributed by atoms with Gasteiger partial charge < -0.3 is 0 Å². The van der Waals surface area contributed by atoms with Gasteiger partial charge in [0, 0.05) is 47.5 Å². The maximum Gasteiger partial charge on any atom is 0.238 e. The van der Waals surface area contributed by atoms with Crippen LogP contribution in [0.4, 0.5) is 0 Å². The van der Waals surface area contributed by atoms with E-state index in [-0.39, 0.29) is 5.41 Å².